The number of hydrogen-bond acceptors (Lipinski definition) is 4. The van der Waals surface area contributed by atoms with Gasteiger partial charge in [-0.15, -0.1) is 0 Å². The maximum atomic E-state index is 13.8. The molecule has 4 aliphatic carbocycles. The Labute approximate surface area is 174 Å². The van der Waals surface area contributed by atoms with Crippen molar-refractivity contribution in [1.82, 2.24) is 4.90 Å². The Morgan fingerprint density at radius 1 is 1.14 bits per heavy atom. The first-order chi connectivity index (χ1) is 13.6. The SMILES string of the molecule is CC(C)CN(Cc1cccc(OS(C)(=O)=O)c1)C(=O)C12CC3CC(CC(C3)C1)C2. The second-order valence-corrected chi connectivity index (χ2v) is 11.8. The summed E-state index contributed by atoms with van der Waals surface area (Å²) in [6.45, 7) is 5.50. The molecular formula is C23H33NO4S. The molecule has 0 heterocycles. The number of carbonyl (C=O) groups is 1. The zero-order valence-electron chi connectivity index (χ0n) is 17.8. The van der Waals surface area contributed by atoms with E-state index >= 15 is 0 Å². The van der Waals surface area contributed by atoms with Crippen molar-refractivity contribution in [2.45, 2.75) is 58.9 Å². The molecule has 5 rings (SSSR count). The second-order valence-electron chi connectivity index (χ2n) is 10.2. The van der Waals surface area contributed by atoms with Crippen molar-refractivity contribution < 1.29 is 17.4 Å². The molecule has 1 amide bonds. The van der Waals surface area contributed by atoms with E-state index in [0.717, 1.165) is 55.4 Å². The third-order valence-electron chi connectivity index (χ3n) is 6.88. The van der Waals surface area contributed by atoms with Crippen molar-refractivity contribution in [3.8, 4) is 5.75 Å². The average Bonchev–Trinajstić information content (AvgIpc) is 2.58. The van der Waals surface area contributed by atoms with E-state index in [1.54, 1.807) is 18.2 Å². The van der Waals surface area contributed by atoms with E-state index in [1.807, 2.05) is 11.0 Å². The van der Waals surface area contributed by atoms with Crippen LogP contribution in [0.1, 0.15) is 57.9 Å². The van der Waals surface area contributed by atoms with Gasteiger partial charge in [-0.3, -0.25) is 4.79 Å². The molecule has 6 heteroatoms. The number of rotatable bonds is 7. The highest BCUT2D eigenvalue weighted by molar-refractivity contribution is 7.86. The molecule has 4 aliphatic rings. The molecule has 0 aromatic heterocycles. The van der Waals surface area contributed by atoms with Crippen LogP contribution in [0.4, 0.5) is 0 Å². The van der Waals surface area contributed by atoms with Crippen LogP contribution in [-0.2, 0) is 21.5 Å². The lowest BCUT2D eigenvalue weighted by Crippen LogP contribution is -2.54. The summed E-state index contributed by atoms with van der Waals surface area (Å²) in [6.07, 6.45) is 8.18. The Hall–Kier alpha value is -1.56. The topological polar surface area (TPSA) is 63.7 Å². The summed E-state index contributed by atoms with van der Waals surface area (Å²) in [7, 11) is -3.57. The summed E-state index contributed by atoms with van der Waals surface area (Å²) in [5, 5.41) is 0. The Balaban J connectivity index is 1.55. The van der Waals surface area contributed by atoms with Gasteiger partial charge in [-0.25, -0.2) is 0 Å². The van der Waals surface area contributed by atoms with Gasteiger partial charge in [-0.2, -0.15) is 8.42 Å². The molecule has 4 saturated carbocycles. The number of benzene rings is 1. The van der Waals surface area contributed by atoms with Gasteiger partial charge in [-0.1, -0.05) is 26.0 Å². The third kappa shape index (κ3) is 4.62. The summed E-state index contributed by atoms with van der Waals surface area (Å²) in [5.74, 6) is 3.20. The van der Waals surface area contributed by atoms with Gasteiger partial charge in [0.2, 0.25) is 5.91 Å². The first kappa shape index (κ1) is 20.7. The molecule has 0 atom stereocenters. The molecule has 0 radical (unpaired) electrons. The van der Waals surface area contributed by atoms with Crippen molar-refractivity contribution in [2.75, 3.05) is 12.8 Å². The van der Waals surface area contributed by atoms with Crippen molar-refractivity contribution in [3.63, 3.8) is 0 Å². The minimum Gasteiger partial charge on any atom is -0.383 e. The molecule has 4 bridgehead atoms. The van der Waals surface area contributed by atoms with Crippen LogP contribution in [0, 0.1) is 29.1 Å². The van der Waals surface area contributed by atoms with Gasteiger partial charge in [0.15, 0.2) is 0 Å². The van der Waals surface area contributed by atoms with Gasteiger partial charge >= 0.3 is 10.1 Å². The summed E-state index contributed by atoms with van der Waals surface area (Å²) in [4.78, 5) is 15.9. The highest BCUT2D eigenvalue weighted by atomic mass is 32.2. The van der Waals surface area contributed by atoms with E-state index in [-0.39, 0.29) is 5.41 Å². The molecule has 1 aromatic rings. The summed E-state index contributed by atoms with van der Waals surface area (Å²) < 4.78 is 28.0. The largest absolute Gasteiger partial charge is 0.383 e. The van der Waals surface area contributed by atoms with Crippen LogP contribution in [0.3, 0.4) is 0 Å². The standard InChI is InChI=1S/C23H33NO4S/c1-16(2)14-24(15-17-5-4-6-21(10-17)28-29(3,26)27)22(25)23-11-18-7-19(12-23)9-20(8-18)13-23/h4-6,10,16,18-20H,7-9,11-15H2,1-3H3. The molecule has 0 spiro atoms. The molecule has 0 unspecified atom stereocenters. The van der Waals surface area contributed by atoms with Crippen LogP contribution in [0.25, 0.3) is 0 Å². The fourth-order valence-corrected chi connectivity index (χ4v) is 6.91. The zero-order valence-corrected chi connectivity index (χ0v) is 18.6. The molecule has 0 N–H and O–H groups in total. The highest BCUT2D eigenvalue weighted by Crippen LogP contribution is 2.60. The lowest BCUT2D eigenvalue weighted by atomic mass is 9.49. The fourth-order valence-electron chi connectivity index (χ4n) is 6.46. The molecule has 160 valence electrons. The average molecular weight is 420 g/mol. The zero-order chi connectivity index (χ0) is 20.8. The van der Waals surface area contributed by atoms with Crippen molar-refractivity contribution in [1.29, 1.82) is 0 Å². The molecular weight excluding hydrogens is 386 g/mol. The normalized spacial score (nSPS) is 30.6. The van der Waals surface area contributed by atoms with Gasteiger partial charge in [0, 0.05) is 13.1 Å². The van der Waals surface area contributed by atoms with E-state index in [1.165, 1.54) is 19.3 Å². The molecule has 0 saturated heterocycles. The first-order valence-corrected chi connectivity index (χ1v) is 12.7. The number of hydrogen-bond donors (Lipinski definition) is 0. The number of amides is 1. The lowest BCUT2D eigenvalue weighted by Gasteiger charge is -2.56. The lowest BCUT2D eigenvalue weighted by molar-refractivity contribution is -0.159. The number of carbonyl (C=O) groups excluding carboxylic acids is 1. The Morgan fingerprint density at radius 2 is 1.72 bits per heavy atom. The Morgan fingerprint density at radius 3 is 2.24 bits per heavy atom. The van der Waals surface area contributed by atoms with Crippen LogP contribution in [-0.4, -0.2) is 32.0 Å². The predicted octanol–water partition coefficient (Wildman–Crippen LogP) is 4.23. The second kappa shape index (κ2) is 7.60. The highest BCUT2D eigenvalue weighted by Gasteiger charge is 2.55. The van der Waals surface area contributed by atoms with Crippen LogP contribution in [0.2, 0.25) is 0 Å². The fraction of sp³-hybridized carbons (Fsp3) is 0.696. The number of nitrogens with zero attached hydrogens (tertiary/aromatic N) is 1. The quantitative estimate of drug-likeness (QED) is 0.621. The van der Waals surface area contributed by atoms with E-state index in [0.29, 0.717) is 24.1 Å². The van der Waals surface area contributed by atoms with Gasteiger partial charge in [0.25, 0.3) is 0 Å². The summed E-state index contributed by atoms with van der Waals surface area (Å²) in [5.41, 5.74) is 0.745. The monoisotopic (exact) mass is 419 g/mol. The maximum Gasteiger partial charge on any atom is 0.306 e. The van der Waals surface area contributed by atoms with E-state index < -0.39 is 10.1 Å². The third-order valence-corrected chi connectivity index (χ3v) is 7.38. The molecule has 5 nitrogen and oxygen atoms in total. The minimum absolute atomic E-state index is 0.162. The van der Waals surface area contributed by atoms with Crippen LogP contribution >= 0.6 is 0 Å². The van der Waals surface area contributed by atoms with Gasteiger partial charge in [-0.05, 0) is 79.9 Å². The van der Waals surface area contributed by atoms with Gasteiger partial charge in [0.1, 0.15) is 5.75 Å². The van der Waals surface area contributed by atoms with Crippen LogP contribution in [0.5, 0.6) is 5.75 Å². The Bertz CT molecular complexity index is 841. The maximum absolute atomic E-state index is 13.8. The van der Waals surface area contributed by atoms with E-state index in [4.69, 9.17) is 4.18 Å². The van der Waals surface area contributed by atoms with Crippen molar-refractivity contribution in [2.24, 2.45) is 29.1 Å². The van der Waals surface area contributed by atoms with Gasteiger partial charge < -0.3 is 9.08 Å². The first-order valence-electron chi connectivity index (χ1n) is 10.9. The summed E-state index contributed by atoms with van der Waals surface area (Å²) >= 11 is 0. The van der Waals surface area contributed by atoms with Crippen LogP contribution in [0.15, 0.2) is 24.3 Å². The van der Waals surface area contributed by atoms with E-state index in [9.17, 15) is 13.2 Å². The van der Waals surface area contributed by atoms with Crippen LogP contribution < -0.4 is 4.18 Å². The van der Waals surface area contributed by atoms with Crippen molar-refractivity contribution in [3.05, 3.63) is 29.8 Å². The van der Waals surface area contributed by atoms with Crippen molar-refractivity contribution >= 4 is 16.0 Å². The molecule has 4 fully saturated rings. The smallest absolute Gasteiger partial charge is 0.306 e. The summed E-state index contributed by atoms with van der Waals surface area (Å²) in [6, 6.07) is 7.10. The Kier molecular flexibility index (Phi) is 5.43. The van der Waals surface area contributed by atoms with Gasteiger partial charge in [0.05, 0.1) is 11.7 Å². The molecule has 0 aliphatic heterocycles. The molecule has 29 heavy (non-hydrogen) atoms. The molecule has 1 aromatic carbocycles. The minimum atomic E-state index is -3.57. The van der Waals surface area contributed by atoms with E-state index in [2.05, 4.69) is 13.8 Å². The predicted molar refractivity (Wildman–Crippen MR) is 113 cm³/mol.